The Kier molecular flexibility index (Phi) is 17.5. The molecule has 4 aromatic heterocycles. The third-order valence-electron chi connectivity index (χ3n) is 15.3. The van der Waals surface area contributed by atoms with E-state index in [1.54, 1.807) is 44.0 Å². The van der Waals surface area contributed by atoms with Crippen LogP contribution in [0.25, 0.3) is 21.5 Å². The van der Waals surface area contributed by atoms with Gasteiger partial charge in [-0.1, -0.05) is 45.7 Å². The fourth-order valence-corrected chi connectivity index (χ4v) is 11.4. The standard InChI is InChI=1S/C56H72FN11O9S/c1-34-42-31-60-54(64-49(42)68(39-9-7-8-10-39)51(72)46(34)36(3)69)62-45-14-13-40(30-58-45)66-19-17-65(18-20-66)21-22-75-23-24-76-25-26-77-44-27-37(47-35(2)61-33-78-47)11-12-38(44)29-59-50(71)43-28-41(70)32-67(43)52(73)48(55(4,5)6)63-53(74)56(57)15-16-56/h11-14,27,30-31,33,39,41,43,48,70H,7-10,15-26,28-29,32H2,1-6H3,(H,59,71)(H,63,74)(H,58,60,62,64). The van der Waals surface area contributed by atoms with E-state index < -0.39 is 47.0 Å². The van der Waals surface area contributed by atoms with Crippen molar-refractivity contribution in [3.63, 3.8) is 0 Å². The van der Waals surface area contributed by atoms with Crippen LogP contribution < -0.4 is 31.1 Å². The average Bonchev–Trinajstić information content (AvgIpc) is 3.85. The molecule has 2 aliphatic carbocycles. The molecule has 78 heavy (non-hydrogen) atoms. The highest BCUT2D eigenvalue weighted by Crippen LogP contribution is 2.41. The number of nitrogens with zero attached hydrogens (tertiary/aromatic N) is 8. The van der Waals surface area contributed by atoms with Crippen LogP contribution >= 0.6 is 11.3 Å². The Morgan fingerprint density at radius 3 is 2.33 bits per heavy atom. The van der Waals surface area contributed by atoms with Gasteiger partial charge in [0.1, 0.15) is 35.9 Å². The summed E-state index contributed by atoms with van der Waals surface area (Å²) in [6.07, 6.45) is 6.58. The molecule has 2 aliphatic heterocycles. The third-order valence-corrected chi connectivity index (χ3v) is 16.2. The summed E-state index contributed by atoms with van der Waals surface area (Å²) in [7, 11) is 0. The molecule has 4 N–H and O–H groups in total. The molecule has 5 aromatic rings. The number of fused-ring (bicyclic) bond motifs is 1. The molecule has 2 saturated carbocycles. The molecule has 20 nitrogen and oxygen atoms in total. The summed E-state index contributed by atoms with van der Waals surface area (Å²) in [5.74, 6) is -0.655. The van der Waals surface area contributed by atoms with E-state index in [4.69, 9.17) is 19.2 Å². The number of ether oxygens (including phenoxy) is 3. The molecule has 3 unspecified atom stereocenters. The highest BCUT2D eigenvalue weighted by Gasteiger charge is 2.53. The minimum atomic E-state index is -1.98. The van der Waals surface area contributed by atoms with Crippen LogP contribution in [0.2, 0.25) is 0 Å². The number of thiazole rings is 1. The SMILES string of the molecule is CC(=O)c1c(C)c2cnc(Nc3ccc(N4CCN(CCOCCOCCOc5cc(-c6scnc6C)ccc5CNC(=O)C5CC(O)CN5C(=O)C(NC(=O)C5(F)CC5)C(C)(C)C)CC4)cn3)nc2n(C2CCCC2)c1=O. The lowest BCUT2D eigenvalue weighted by Gasteiger charge is -2.35. The number of aromatic nitrogens is 5. The first-order valence-corrected chi connectivity index (χ1v) is 28.0. The smallest absolute Gasteiger partial charge is 0.263 e. The maximum absolute atomic E-state index is 14.7. The van der Waals surface area contributed by atoms with Crippen LogP contribution in [0.3, 0.4) is 0 Å². The molecule has 2 saturated heterocycles. The Hall–Kier alpha value is -6.46. The molecule has 0 radical (unpaired) electrons. The van der Waals surface area contributed by atoms with Gasteiger partial charge in [-0.25, -0.2) is 19.3 Å². The van der Waals surface area contributed by atoms with Gasteiger partial charge in [0.05, 0.1) is 66.1 Å². The lowest BCUT2D eigenvalue weighted by Crippen LogP contribution is -2.59. The zero-order valence-corrected chi connectivity index (χ0v) is 46.3. The summed E-state index contributed by atoms with van der Waals surface area (Å²) < 4.78 is 34.4. The summed E-state index contributed by atoms with van der Waals surface area (Å²) in [6.45, 7) is 16.5. The molecule has 0 bridgehead atoms. The number of carbonyl (C=O) groups excluding carboxylic acids is 4. The van der Waals surface area contributed by atoms with E-state index in [1.165, 1.54) is 23.2 Å². The topological polar surface area (TPSA) is 236 Å². The van der Waals surface area contributed by atoms with Gasteiger partial charge in [-0.15, -0.1) is 11.3 Å². The van der Waals surface area contributed by atoms with Crippen molar-refractivity contribution in [1.29, 1.82) is 0 Å². The van der Waals surface area contributed by atoms with Gasteiger partial charge in [0.2, 0.25) is 17.8 Å². The van der Waals surface area contributed by atoms with E-state index in [0.717, 1.165) is 80.2 Å². The van der Waals surface area contributed by atoms with Gasteiger partial charge in [-0.3, -0.25) is 33.4 Å². The number of nitrogens with one attached hydrogen (secondary N) is 3. The fourth-order valence-electron chi connectivity index (χ4n) is 10.6. The number of anilines is 3. The van der Waals surface area contributed by atoms with E-state index in [2.05, 4.69) is 40.7 Å². The minimum absolute atomic E-state index is 0.00713. The van der Waals surface area contributed by atoms with Crippen LogP contribution in [0.4, 0.5) is 21.8 Å². The van der Waals surface area contributed by atoms with Crippen LogP contribution in [-0.2, 0) is 30.4 Å². The van der Waals surface area contributed by atoms with Gasteiger partial charge >= 0.3 is 0 Å². The predicted octanol–water partition coefficient (Wildman–Crippen LogP) is 5.83. The van der Waals surface area contributed by atoms with E-state index in [9.17, 15) is 33.5 Å². The molecule has 3 atom stereocenters. The number of carbonyl (C=O) groups is 4. The highest BCUT2D eigenvalue weighted by molar-refractivity contribution is 7.13. The summed E-state index contributed by atoms with van der Waals surface area (Å²) in [5, 5.41) is 20.1. The molecule has 3 amide bonds. The van der Waals surface area contributed by atoms with Gasteiger partial charge in [0.15, 0.2) is 11.5 Å². The highest BCUT2D eigenvalue weighted by atomic mass is 32.1. The molecule has 1 aromatic carbocycles. The third kappa shape index (κ3) is 13.0. The number of Topliss-reactive ketones (excluding diaryl/α,β-unsaturated/α-hetero) is 1. The van der Waals surface area contributed by atoms with Crippen LogP contribution in [0.15, 0.2) is 53.0 Å². The lowest BCUT2D eigenvalue weighted by atomic mass is 9.85. The van der Waals surface area contributed by atoms with Crippen LogP contribution in [0.1, 0.15) is 106 Å². The summed E-state index contributed by atoms with van der Waals surface area (Å²) in [6, 6.07) is 7.54. The number of ketones is 1. The van der Waals surface area contributed by atoms with Crippen molar-refractivity contribution in [2.45, 2.75) is 123 Å². The number of likely N-dealkylation sites (tertiary alicyclic amines) is 1. The van der Waals surface area contributed by atoms with E-state index >= 15 is 0 Å². The molecular formula is C56H72FN11O9S. The van der Waals surface area contributed by atoms with Crippen molar-refractivity contribution in [1.82, 2.24) is 44.9 Å². The van der Waals surface area contributed by atoms with Gasteiger partial charge in [0.25, 0.3) is 11.5 Å². The molecule has 4 fully saturated rings. The number of aliphatic hydroxyl groups excluding tert-OH is 1. The zero-order valence-electron chi connectivity index (χ0n) is 45.4. The van der Waals surface area contributed by atoms with Crippen molar-refractivity contribution in [3.05, 3.63) is 81.0 Å². The Balaban J connectivity index is 0.702. The zero-order chi connectivity index (χ0) is 55.3. The van der Waals surface area contributed by atoms with E-state index in [-0.39, 0.29) is 61.9 Å². The monoisotopic (exact) mass is 1090 g/mol. The van der Waals surface area contributed by atoms with Crippen molar-refractivity contribution in [2.75, 3.05) is 82.5 Å². The van der Waals surface area contributed by atoms with Gasteiger partial charge in [-0.05, 0) is 81.2 Å². The number of alkyl halides is 1. The number of aliphatic hydroxyl groups is 1. The largest absolute Gasteiger partial charge is 0.491 e. The van der Waals surface area contributed by atoms with Crippen LogP contribution in [0, 0.1) is 19.3 Å². The second kappa shape index (κ2) is 24.3. The first-order chi connectivity index (χ1) is 37.4. The molecule has 4 aliphatic rings. The maximum atomic E-state index is 14.7. The normalized spacial score (nSPS) is 19.0. The van der Waals surface area contributed by atoms with Gasteiger partial charge in [-0.2, -0.15) is 4.98 Å². The Bertz CT molecular complexity index is 3040. The molecule has 22 heteroatoms. The number of amides is 3. The quantitative estimate of drug-likeness (QED) is 0.0471. The van der Waals surface area contributed by atoms with Crippen LogP contribution in [0.5, 0.6) is 5.75 Å². The molecular weight excluding hydrogens is 1020 g/mol. The lowest BCUT2D eigenvalue weighted by molar-refractivity contribution is -0.145. The number of hydrogen-bond donors (Lipinski definition) is 4. The number of hydrogen-bond acceptors (Lipinski definition) is 17. The fraction of sp³-hybridized carbons (Fsp3) is 0.554. The number of pyridine rings is 2. The Morgan fingerprint density at radius 1 is 0.936 bits per heavy atom. The summed E-state index contributed by atoms with van der Waals surface area (Å²) >= 11 is 1.51. The van der Waals surface area contributed by atoms with Gasteiger partial charge < -0.3 is 45.1 Å². The molecule has 9 rings (SSSR count). The van der Waals surface area contributed by atoms with Crippen molar-refractivity contribution in [2.24, 2.45) is 5.41 Å². The van der Waals surface area contributed by atoms with E-state index in [1.807, 2.05) is 43.5 Å². The number of piperazine rings is 1. The number of halogens is 1. The Morgan fingerprint density at radius 2 is 1.67 bits per heavy atom. The first-order valence-electron chi connectivity index (χ1n) is 27.1. The molecule has 0 spiro atoms. The Labute approximate surface area is 457 Å². The number of benzene rings is 1. The maximum Gasteiger partial charge on any atom is 0.263 e. The van der Waals surface area contributed by atoms with Crippen LogP contribution in [-0.4, -0.2) is 159 Å². The summed E-state index contributed by atoms with van der Waals surface area (Å²) in [4.78, 5) is 91.9. The van der Waals surface area contributed by atoms with Gasteiger partial charge in [0, 0.05) is 75.4 Å². The number of rotatable bonds is 22. The molecule has 418 valence electrons. The average molecular weight is 1090 g/mol. The van der Waals surface area contributed by atoms with Crippen molar-refractivity contribution < 1.29 is 42.9 Å². The van der Waals surface area contributed by atoms with Crippen molar-refractivity contribution in [3.8, 4) is 16.2 Å². The van der Waals surface area contributed by atoms with Crippen molar-refractivity contribution >= 4 is 63.3 Å². The second-order valence-electron chi connectivity index (χ2n) is 22.0. The predicted molar refractivity (Wildman–Crippen MR) is 294 cm³/mol. The second-order valence-corrected chi connectivity index (χ2v) is 22.8. The first kappa shape index (κ1) is 56.3. The number of β-amino-alcohol motifs (C(OH)–C–C–N with tert-alkyl or cyclic N) is 1. The van der Waals surface area contributed by atoms with E-state index in [0.29, 0.717) is 66.1 Å². The summed E-state index contributed by atoms with van der Waals surface area (Å²) in [5.41, 5.74) is 3.56. The number of aryl methyl sites for hydroxylation is 2. The minimum Gasteiger partial charge on any atom is -0.491 e. The molecule has 6 heterocycles.